The lowest BCUT2D eigenvalue weighted by Crippen LogP contribution is -2.40. The summed E-state index contributed by atoms with van der Waals surface area (Å²) in [7, 11) is 0. The smallest absolute Gasteiger partial charge is 0.407 e. The molecule has 0 bridgehead atoms. The van der Waals surface area contributed by atoms with Crippen molar-refractivity contribution >= 4 is 6.09 Å². The first-order valence-electron chi connectivity index (χ1n) is 7.43. The van der Waals surface area contributed by atoms with E-state index >= 15 is 0 Å². The Hall–Kier alpha value is -1.55. The van der Waals surface area contributed by atoms with Crippen LogP contribution in [0.4, 0.5) is 4.79 Å². The molecule has 1 amide bonds. The number of piperidine rings is 1. The monoisotopic (exact) mass is 276 g/mol. The molecule has 0 unspecified atom stereocenters. The minimum atomic E-state index is -0.778. The first kappa shape index (κ1) is 14.9. The standard InChI is InChI=1S/C16H24N2O2/c1-2-17(12-14-6-4-3-5-7-14)13-15-8-10-18(11-9-15)16(19)20/h3-7,15H,2,8-13H2,1H3,(H,19,20). The molecule has 0 aromatic heterocycles. The molecule has 0 spiro atoms. The second kappa shape index (κ2) is 7.29. The van der Waals surface area contributed by atoms with Gasteiger partial charge in [-0.15, -0.1) is 0 Å². The van der Waals surface area contributed by atoms with Crippen LogP contribution in [0.15, 0.2) is 30.3 Å². The van der Waals surface area contributed by atoms with Gasteiger partial charge in [0.1, 0.15) is 0 Å². The van der Waals surface area contributed by atoms with E-state index in [0.29, 0.717) is 19.0 Å². The molecule has 0 atom stereocenters. The van der Waals surface area contributed by atoms with Gasteiger partial charge in [0.15, 0.2) is 0 Å². The third kappa shape index (κ3) is 4.23. The summed E-state index contributed by atoms with van der Waals surface area (Å²) in [6, 6.07) is 10.5. The van der Waals surface area contributed by atoms with E-state index in [2.05, 4.69) is 36.1 Å². The number of amides is 1. The highest BCUT2D eigenvalue weighted by molar-refractivity contribution is 5.64. The van der Waals surface area contributed by atoms with Crippen molar-refractivity contribution in [3.63, 3.8) is 0 Å². The molecule has 4 heteroatoms. The highest BCUT2D eigenvalue weighted by atomic mass is 16.4. The van der Waals surface area contributed by atoms with Gasteiger partial charge in [-0.25, -0.2) is 4.79 Å². The number of hydrogen-bond acceptors (Lipinski definition) is 2. The van der Waals surface area contributed by atoms with Crippen LogP contribution in [0.3, 0.4) is 0 Å². The number of carbonyl (C=O) groups is 1. The molecule has 1 N–H and O–H groups in total. The predicted octanol–water partition coefficient (Wildman–Crippen LogP) is 2.90. The summed E-state index contributed by atoms with van der Waals surface area (Å²) < 4.78 is 0. The Morgan fingerprint density at radius 2 is 1.95 bits per heavy atom. The maximum atomic E-state index is 10.9. The Morgan fingerprint density at radius 1 is 1.30 bits per heavy atom. The number of nitrogens with zero attached hydrogens (tertiary/aromatic N) is 2. The number of benzene rings is 1. The molecular formula is C16H24N2O2. The maximum absolute atomic E-state index is 10.9. The van der Waals surface area contributed by atoms with Gasteiger partial charge in [0.05, 0.1) is 0 Å². The molecule has 2 rings (SSSR count). The zero-order chi connectivity index (χ0) is 14.4. The van der Waals surface area contributed by atoms with Crippen LogP contribution in [-0.4, -0.2) is 47.2 Å². The molecule has 4 nitrogen and oxygen atoms in total. The highest BCUT2D eigenvalue weighted by Gasteiger charge is 2.23. The molecule has 1 saturated heterocycles. The summed E-state index contributed by atoms with van der Waals surface area (Å²) in [4.78, 5) is 14.9. The van der Waals surface area contributed by atoms with E-state index in [9.17, 15) is 4.79 Å². The van der Waals surface area contributed by atoms with Crippen LogP contribution < -0.4 is 0 Å². The van der Waals surface area contributed by atoms with E-state index in [1.165, 1.54) is 10.5 Å². The van der Waals surface area contributed by atoms with Crippen molar-refractivity contribution in [3.05, 3.63) is 35.9 Å². The van der Waals surface area contributed by atoms with Crippen molar-refractivity contribution in [2.24, 2.45) is 5.92 Å². The van der Waals surface area contributed by atoms with Gasteiger partial charge in [-0.2, -0.15) is 0 Å². The van der Waals surface area contributed by atoms with E-state index < -0.39 is 6.09 Å². The zero-order valence-electron chi connectivity index (χ0n) is 12.2. The Balaban J connectivity index is 1.81. The van der Waals surface area contributed by atoms with Crippen LogP contribution in [0, 0.1) is 5.92 Å². The van der Waals surface area contributed by atoms with E-state index in [-0.39, 0.29) is 0 Å². The quantitative estimate of drug-likeness (QED) is 0.899. The van der Waals surface area contributed by atoms with Crippen molar-refractivity contribution in [1.82, 2.24) is 9.80 Å². The van der Waals surface area contributed by atoms with Gasteiger partial charge in [-0.3, -0.25) is 4.90 Å². The van der Waals surface area contributed by atoms with Crippen LogP contribution >= 0.6 is 0 Å². The lowest BCUT2D eigenvalue weighted by molar-refractivity contribution is 0.113. The first-order chi connectivity index (χ1) is 9.69. The van der Waals surface area contributed by atoms with Gasteiger partial charge in [-0.05, 0) is 30.9 Å². The van der Waals surface area contributed by atoms with Gasteiger partial charge in [-0.1, -0.05) is 37.3 Å². The van der Waals surface area contributed by atoms with Crippen LogP contribution in [0.2, 0.25) is 0 Å². The predicted molar refractivity (Wildman–Crippen MR) is 79.7 cm³/mol. The van der Waals surface area contributed by atoms with Crippen molar-refractivity contribution < 1.29 is 9.90 Å². The van der Waals surface area contributed by atoms with Gasteiger partial charge >= 0.3 is 6.09 Å². The Bertz CT molecular complexity index is 414. The molecule has 1 fully saturated rings. The SMILES string of the molecule is CCN(Cc1ccccc1)CC1CCN(C(=O)O)CC1. The second-order valence-electron chi connectivity index (χ2n) is 5.53. The molecule has 110 valence electrons. The highest BCUT2D eigenvalue weighted by Crippen LogP contribution is 2.19. The van der Waals surface area contributed by atoms with E-state index in [1.54, 1.807) is 0 Å². The van der Waals surface area contributed by atoms with Crippen molar-refractivity contribution in [1.29, 1.82) is 0 Å². The van der Waals surface area contributed by atoms with E-state index in [1.807, 2.05) is 6.07 Å². The normalized spacial score (nSPS) is 16.6. The fourth-order valence-electron chi connectivity index (χ4n) is 2.82. The van der Waals surface area contributed by atoms with Gasteiger partial charge in [0.2, 0.25) is 0 Å². The molecule has 1 aliphatic heterocycles. The first-order valence-corrected chi connectivity index (χ1v) is 7.43. The molecule has 0 saturated carbocycles. The molecular weight excluding hydrogens is 252 g/mol. The van der Waals surface area contributed by atoms with Crippen molar-refractivity contribution in [2.75, 3.05) is 26.2 Å². The molecule has 0 radical (unpaired) electrons. The molecule has 0 aliphatic carbocycles. The average Bonchev–Trinajstić information content (AvgIpc) is 2.48. The average molecular weight is 276 g/mol. The van der Waals surface area contributed by atoms with Gasteiger partial charge in [0, 0.05) is 26.2 Å². The summed E-state index contributed by atoms with van der Waals surface area (Å²) in [5.41, 5.74) is 1.34. The number of carboxylic acid groups (broad SMARTS) is 1. The Kier molecular flexibility index (Phi) is 5.41. The Morgan fingerprint density at radius 3 is 2.50 bits per heavy atom. The third-order valence-electron chi connectivity index (χ3n) is 4.10. The minimum Gasteiger partial charge on any atom is -0.465 e. The van der Waals surface area contributed by atoms with Crippen molar-refractivity contribution in [2.45, 2.75) is 26.3 Å². The number of hydrogen-bond donors (Lipinski definition) is 1. The number of likely N-dealkylation sites (tertiary alicyclic amines) is 1. The zero-order valence-corrected chi connectivity index (χ0v) is 12.2. The van der Waals surface area contributed by atoms with Crippen LogP contribution in [0.1, 0.15) is 25.3 Å². The van der Waals surface area contributed by atoms with Crippen LogP contribution in [0.5, 0.6) is 0 Å². The molecule has 1 heterocycles. The number of rotatable bonds is 5. The second-order valence-corrected chi connectivity index (χ2v) is 5.53. The lowest BCUT2D eigenvalue weighted by atomic mass is 9.96. The Labute approximate surface area is 121 Å². The summed E-state index contributed by atoms with van der Waals surface area (Å²) >= 11 is 0. The fourth-order valence-corrected chi connectivity index (χ4v) is 2.82. The lowest BCUT2D eigenvalue weighted by Gasteiger charge is -2.33. The largest absolute Gasteiger partial charge is 0.465 e. The van der Waals surface area contributed by atoms with Gasteiger partial charge in [0.25, 0.3) is 0 Å². The van der Waals surface area contributed by atoms with E-state index in [0.717, 1.165) is 32.5 Å². The summed E-state index contributed by atoms with van der Waals surface area (Å²) in [6.07, 6.45) is 1.19. The summed E-state index contributed by atoms with van der Waals surface area (Å²) in [5, 5.41) is 8.96. The van der Waals surface area contributed by atoms with Gasteiger partial charge < -0.3 is 10.0 Å². The maximum Gasteiger partial charge on any atom is 0.407 e. The molecule has 1 aromatic carbocycles. The summed E-state index contributed by atoms with van der Waals surface area (Å²) in [5.74, 6) is 0.620. The minimum absolute atomic E-state index is 0.620. The fraction of sp³-hybridized carbons (Fsp3) is 0.562. The molecule has 1 aliphatic rings. The van der Waals surface area contributed by atoms with Crippen LogP contribution in [-0.2, 0) is 6.54 Å². The van der Waals surface area contributed by atoms with Crippen LogP contribution in [0.25, 0.3) is 0 Å². The topological polar surface area (TPSA) is 43.8 Å². The van der Waals surface area contributed by atoms with Crippen molar-refractivity contribution in [3.8, 4) is 0 Å². The van der Waals surface area contributed by atoms with E-state index in [4.69, 9.17) is 5.11 Å². The molecule has 1 aromatic rings. The molecule has 20 heavy (non-hydrogen) atoms. The third-order valence-corrected chi connectivity index (χ3v) is 4.10. The summed E-state index contributed by atoms with van der Waals surface area (Å²) in [6.45, 7) is 6.64.